The van der Waals surface area contributed by atoms with E-state index in [0.29, 0.717) is 0 Å². The van der Waals surface area contributed by atoms with Crippen LogP contribution in [0.15, 0.2) is 85.2 Å². The second-order valence-electron chi connectivity index (χ2n) is 6.85. The Labute approximate surface area is 162 Å². The number of hydrogen-bond donors (Lipinski definition) is 0. The average Bonchev–Trinajstić information content (AvgIpc) is 3.12. The molecular formula is C24H23N2P. The van der Waals surface area contributed by atoms with Gasteiger partial charge >= 0.3 is 0 Å². The van der Waals surface area contributed by atoms with Crippen LogP contribution in [-0.4, -0.2) is 9.55 Å². The van der Waals surface area contributed by atoms with Gasteiger partial charge in [-0.2, -0.15) is 0 Å². The molecule has 0 saturated heterocycles. The van der Waals surface area contributed by atoms with Crippen molar-refractivity contribution in [2.24, 2.45) is 0 Å². The van der Waals surface area contributed by atoms with Crippen molar-refractivity contribution >= 4 is 24.1 Å². The van der Waals surface area contributed by atoms with Gasteiger partial charge in [0.15, 0.2) is 0 Å². The molecule has 134 valence electrons. The maximum atomic E-state index is 4.84. The van der Waals surface area contributed by atoms with E-state index in [0.717, 1.165) is 5.57 Å². The highest BCUT2D eigenvalue weighted by Crippen LogP contribution is 2.33. The molecule has 0 bridgehead atoms. The number of imidazole rings is 1. The Hall–Kier alpha value is -2.70. The molecule has 0 spiro atoms. The van der Waals surface area contributed by atoms with Crippen LogP contribution >= 0.6 is 7.92 Å². The zero-order chi connectivity index (χ0) is 18.8. The molecule has 0 atom stereocenters. The van der Waals surface area contributed by atoms with Gasteiger partial charge in [-0.1, -0.05) is 78.4 Å². The minimum Gasteiger partial charge on any atom is -0.299 e. The standard InChI is InChI=1S/C24H23N2P/c1-18-16-19(2)23(20(3)17-18)26-15-14-25-24(26)27(21-10-6-4-7-11-21)22-12-8-5-9-13-22/h4-17H,1-3H3. The Bertz CT molecular complexity index is 990. The van der Waals surface area contributed by atoms with Crippen LogP contribution in [0.3, 0.4) is 0 Å². The molecule has 0 amide bonds. The highest BCUT2D eigenvalue weighted by atomic mass is 31.1. The lowest BCUT2D eigenvalue weighted by atomic mass is 10.1. The number of aryl methyl sites for hydroxylation is 3. The summed E-state index contributed by atoms with van der Waals surface area (Å²) < 4.78 is 2.29. The van der Waals surface area contributed by atoms with Crippen molar-refractivity contribution in [3.8, 4) is 5.69 Å². The van der Waals surface area contributed by atoms with Gasteiger partial charge in [-0.25, -0.2) is 4.98 Å². The number of nitrogens with zero attached hydrogens (tertiary/aromatic N) is 2. The third kappa shape index (κ3) is 3.46. The summed E-state index contributed by atoms with van der Waals surface area (Å²) in [6.45, 7) is 6.53. The van der Waals surface area contributed by atoms with Crippen LogP contribution in [0.25, 0.3) is 5.69 Å². The van der Waals surface area contributed by atoms with Crippen LogP contribution in [0, 0.1) is 20.8 Å². The first-order valence-corrected chi connectivity index (χ1v) is 10.5. The second kappa shape index (κ2) is 7.50. The SMILES string of the molecule is Cc1cc(C)c(-n2ccnc2P(c2ccccc2)c2ccccc2)c(C)c1. The normalized spacial score (nSPS) is 11.1. The fourth-order valence-corrected chi connectivity index (χ4v) is 5.99. The van der Waals surface area contributed by atoms with E-state index in [-0.39, 0.29) is 0 Å². The molecule has 0 saturated carbocycles. The zero-order valence-electron chi connectivity index (χ0n) is 15.9. The molecule has 0 aliphatic rings. The van der Waals surface area contributed by atoms with Gasteiger partial charge in [0.1, 0.15) is 5.57 Å². The van der Waals surface area contributed by atoms with Crippen LogP contribution < -0.4 is 16.2 Å². The Morgan fingerprint density at radius 3 is 1.78 bits per heavy atom. The Morgan fingerprint density at radius 2 is 1.26 bits per heavy atom. The smallest absolute Gasteiger partial charge is 0.145 e. The van der Waals surface area contributed by atoms with Crippen molar-refractivity contribution in [2.45, 2.75) is 20.8 Å². The Balaban J connectivity index is 1.93. The lowest BCUT2D eigenvalue weighted by Crippen LogP contribution is -2.27. The molecule has 4 rings (SSSR count). The van der Waals surface area contributed by atoms with Gasteiger partial charge in [0.05, 0.1) is 5.69 Å². The quantitative estimate of drug-likeness (QED) is 0.482. The molecule has 27 heavy (non-hydrogen) atoms. The monoisotopic (exact) mass is 370 g/mol. The lowest BCUT2D eigenvalue weighted by Gasteiger charge is -2.22. The molecular weight excluding hydrogens is 347 g/mol. The van der Waals surface area contributed by atoms with E-state index in [1.54, 1.807) is 0 Å². The summed E-state index contributed by atoms with van der Waals surface area (Å²) in [5.41, 5.74) is 6.21. The van der Waals surface area contributed by atoms with Crippen molar-refractivity contribution in [1.82, 2.24) is 9.55 Å². The molecule has 0 aliphatic heterocycles. The molecule has 0 aliphatic carbocycles. The molecule has 1 heterocycles. The molecule has 1 aromatic heterocycles. The van der Waals surface area contributed by atoms with Gasteiger partial charge in [0, 0.05) is 20.3 Å². The number of aromatic nitrogens is 2. The van der Waals surface area contributed by atoms with Crippen molar-refractivity contribution in [2.75, 3.05) is 0 Å². The average molecular weight is 370 g/mol. The fourth-order valence-electron chi connectivity index (χ4n) is 3.72. The van der Waals surface area contributed by atoms with E-state index >= 15 is 0 Å². The largest absolute Gasteiger partial charge is 0.299 e. The van der Waals surface area contributed by atoms with Gasteiger partial charge in [-0.05, 0) is 42.5 Å². The first-order chi connectivity index (χ1) is 13.1. The minimum absolute atomic E-state index is 0.734. The Morgan fingerprint density at radius 1 is 0.741 bits per heavy atom. The molecule has 0 unspecified atom stereocenters. The van der Waals surface area contributed by atoms with Crippen LogP contribution in [0.2, 0.25) is 0 Å². The maximum absolute atomic E-state index is 4.84. The van der Waals surface area contributed by atoms with Crippen LogP contribution in [0.1, 0.15) is 16.7 Å². The summed E-state index contributed by atoms with van der Waals surface area (Å²) in [4.78, 5) is 4.84. The predicted octanol–water partition coefficient (Wildman–Crippen LogP) is 4.56. The molecule has 0 radical (unpaired) electrons. The summed E-state index contributed by atoms with van der Waals surface area (Å²) in [6.07, 6.45) is 4.02. The van der Waals surface area contributed by atoms with Crippen molar-refractivity contribution < 1.29 is 0 Å². The molecule has 2 nitrogen and oxygen atoms in total. The van der Waals surface area contributed by atoms with Gasteiger partial charge in [-0.15, -0.1) is 0 Å². The summed E-state index contributed by atoms with van der Waals surface area (Å²) in [5.74, 6) is 0. The summed E-state index contributed by atoms with van der Waals surface area (Å²) in [6, 6.07) is 26.0. The summed E-state index contributed by atoms with van der Waals surface area (Å²) in [5, 5.41) is 2.63. The van der Waals surface area contributed by atoms with Crippen molar-refractivity contribution in [1.29, 1.82) is 0 Å². The number of rotatable bonds is 4. The highest BCUT2D eigenvalue weighted by Gasteiger charge is 2.22. The third-order valence-corrected chi connectivity index (χ3v) is 7.09. The van der Waals surface area contributed by atoms with Crippen LogP contribution in [0.4, 0.5) is 0 Å². The summed E-state index contributed by atoms with van der Waals surface area (Å²) >= 11 is 0. The van der Waals surface area contributed by atoms with Gasteiger partial charge < -0.3 is 0 Å². The van der Waals surface area contributed by atoms with E-state index < -0.39 is 7.92 Å². The fraction of sp³-hybridized carbons (Fsp3) is 0.125. The van der Waals surface area contributed by atoms with Crippen LogP contribution in [-0.2, 0) is 0 Å². The summed E-state index contributed by atoms with van der Waals surface area (Å²) in [7, 11) is -0.734. The van der Waals surface area contributed by atoms with E-state index in [9.17, 15) is 0 Å². The molecule has 3 heteroatoms. The topological polar surface area (TPSA) is 17.8 Å². The third-order valence-electron chi connectivity index (χ3n) is 4.73. The first-order valence-electron chi connectivity index (χ1n) is 9.17. The molecule has 4 aromatic rings. The van der Waals surface area contributed by atoms with Gasteiger partial charge in [0.2, 0.25) is 0 Å². The van der Waals surface area contributed by atoms with Crippen LogP contribution in [0.5, 0.6) is 0 Å². The first kappa shape index (κ1) is 17.7. The van der Waals surface area contributed by atoms with E-state index in [1.807, 2.05) is 6.20 Å². The van der Waals surface area contributed by atoms with E-state index in [1.165, 1.54) is 33.0 Å². The predicted molar refractivity (Wildman–Crippen MR) is 116 cm³/mol. The lowest BCUT2D eigenvalue weighted by molar-refractivity contribution is 1.06. The highest BCUT2D eigenvalue weighted by molar-refractivity contribution is 7.79. The van der Waals surface area contributed by atoms with Gasteiger partial charge in [0.25, 0.3) is 0 Å². The molecule has 3 aromatic carbocycles. The van der Waals surface area contributed by atoms with Gasteiger partial charge in [-0.3, -0.25) is 4.57 Å². The molecule has 0 N–H and O–H groups in total. The zero-order valence-corrected chi connectivity index (χ0v) is 16.8. The Kier molecular flexibility index (Phi) is 4.92. The minimum atomic E-state index is -0.734. The number of hydrogen-bond acceptors (Lipinski definition) is 1. The molecule has 0 fully saturated rings. The second-order valence-corrected chi connectivity index (χ2v) is 8.95. The van der Waals surface area contributed by atoms with Crippen molar-refractivity contribution in [3.05, 3.63) is 102 Å². The van der Waals surface area contributed by atoms with Crippen molar-refractivity contribution in [3.63, 3.8) is 0 Å². The van der Waals surface area contributed by atoms with E-state index in [4.69, 9.17) is 4.98 Å². The number of benzene rings is 3. The van der Waals surface area contributed by atoms with E-state index in [2.05, 4.69) is 104 Å². The maximum Gasteiger partial charge on any atom is 0.145 e.